The number of hydrogen-bond acceptors (Lipinski definition) is 4. The Morgan fingerprint density at radius 2 is 1.87 bits per heavy atom. The van der Waals surface area contributed by atoms with Crippen molar-refractivity contribution in [2.75, 3.05) is 19.8 Å². The smallest absolute Gasteiger partial charge is 0.242 e. The molecule has 1 heterocycles. The Kier molecular flexibility index (Phi) is 8.18. The molecule has 0 bridgehead atoms. The van der Waals surface area contributed by atoms with Gasteiger partial charge in [-0.15, -0.1) is 0 Å². The van der Waals surface area contributed by atoms with Crippen molar-refractivity contribution in [1.29, 1.82) is 0 Å². The number of carbonyl (C=O) groups excluding carboxylic acids is 2. The molecule has 0 saturated heterocycles. The highest BCUT2D eigenvalue weighted by Crippen LogP contribution is 2.31. The summed E-state index contributed by atoms with van der Waals surface area (Å²) in [6, 6.07) is 12.5. The molecule has 0 unspecified atom stereocenters. The molecule has 0 saturated carbocycles. The lowest BCUT2D eigenvalue weighted by Gasteiger charge is -2.29. The van der Waals surface area contributed by atoms with Crippen LogP contribution in [-0.2, 0) is 22.6 Å². The van der Waals surface area contributed by atoms with Gasteiger partial charge >= 0.3 is 0 Å². The van der Waals surface area contributed by atoms with Crippen molar-refractivity contribution in [3.05, 3.63) is 58.6 Å². The summed E-state index contributed by atoms with van der Waals surface area (Å²) in [7, 11) is 0. The third-order valence-electron chi connectivity index (χ3n) is 5.19. The molecule has 0 spiro atoms. The molecule has 1 atom stereocenters. The van der Waals surface area contributed by atoms with Crippen molar-refractivity contribution in [3.63, 3.8) is 0 Å². The monoisotopic (exact) mass is 444 g/mol. The zero-order valence-electron chi connectivity index (χ0n) is 18.0. The van der Waals surface area contributed by atoms with Gasteiger partial charge in [0, 0.05) is 24.5 Å². The zero-order chi connectivity index (χ0) is 22.2. The Labute approximate surface area is 188 Å². The van der Waals surface area contributed by atoms with Crippen molar-refractivity contribution in [3.8, 4) is 11.5 Å². The minimum Gasteiger partial charge on any atom is -0.486 e. The van der Waals surface area contributed by atoms with Crippen LogP contribution in [0.15, 0.2) is 42.5 Å². The summed E-state index contributed by atoms with van der Waals surface area (Å²) in [6.45, 7) is 5.72. The fourth-order valence-corrected chi connectivity index (χ4v) is 3.66. The lowest BCUT2D eigenvalue weighted by atomic mass is 10.1. The van der Waals surface area contributed by atoms with Crippen LogP contribution in [0.5, 0.6) is 11.5 Å². The largest absolute Gasteiger partial charge is 0.486 e. The standard InChI is InChI=1S/C24H29ClN2O4/c1-3-11-26-24(29)17(2)27(16-19-5-4-6-20(25)14-19)23(28)10-8-18-7-9-21-22(15-18)31-13-12-30-21/h4-7,9,14-15,17H,3,8,10-13,16H2,1-2H3,(H,26,29)/t17-/m1/s1. The summed E-state index contributed by atoms with van der Waals surface area (Å²) < 4.78 is 11.2. The van der Waals surface area contributed by atoms with E-state index in [4.69, 9.17) is 21.1 Å². The van der Waals surface area contributed by atoms with Gasteiger partial charge in [0.05, 0.1) is 0 Å². The fourth-order valence-electron chi connectivity index (χ4n) is 3.45. The number of nitrogens with zero attached hydrogens (tertiary/aromatic N) is 1. The predicted octanol–water partition coefficient (Wildman–Crippen LogP) is 3.99. The zero-order valence-corrected chi connectivity index (χ0v) is 18.8. The van der Waals surface area contributed by atoms with Gasteiger partial charge in [-0.25, -0.2) is 0 Å². The summed E-state index contributed by atoms with van der Waals surface area (Å²) >= 11 is 6.11. The number of amides is 2. The SMILES string of the molecule is CCCNC(=O)[C@@H](C)N(Cc1cccc(Cl)c1)C(=O)CCc1ccc2c(c1)OCCO2. The number of benzene rings is 2. The topological polar surface area (TPSA) is 67.9 Å². The van der Waals surface area contributed by atoms with Crippen molar-refractivity contribution in [2.45, 2.75) is 45.7 Å². The van der Waals surface area contributed by atoms with E-state index in [0.29, 0.717) is 43.5 Å². The number of aryl methyl sites for hydroxylation is 1. The molecule has 2 amide bonds. The number of fused-ring (bicyclic) bond motifs is 1. The number of hydrogen-bond donors (Lipinski definition) is 1. The van der Waals surface area contributed by atoms with Crippen molar-refractivity contribution >= 4 is 23.4 Å². The summed E-state index contributed by atoms with van der Waals surface area (Å²) in [4.78, 5) is 27.4. The fraction of sp³-hybridized carbons (Fsp3) is 0.417. The Bertz CT molecular complexity index is 918. The number of ether oxygens (including phenoxy) is 2. The van der Waals surface area contributed by atoms with Gasteiger partial charge in [0.15, 0.2) is 11.5 Å². The second-order valence-electron chi connectivity index (χ2n) is 7.60. The van der Waals surface area contributed by atoms with E-state index in [1.165, 1.54) is 0 Å². The van der Waals surface area contributed by atoms with E-state index in [9.17, 15) is 9.59 Å². The molecule has 0 aromatic heterocycles. The first-order valence-electron chi connectivity index (χ1n) is 10.7. The molecule has 1 aliphatic rings. The van der Waals surface area contributed by atoms with Crippen LogP contribution < -0.4 is 14.8 Å². The number of carbonyl (C=O) groups is 2. The second kappa shape index (κ2) is 11.0. The average Bonchev–Trinajstić information content (AvgIpc) is 2.78. The molecule has 7 heteroatoms. The van der Waals surface area contributed by atoms with E-state index in [2.05, 4.69) is 5.32 Å². The average molecular weight is 445 g/mol. The minimum absolute atomic E-state index is 0.0889. The quantitative estimate of drug-likeness (QED) is 0.635. The molecule has 0 aliphatic carbocycles. The first kappa shape index (κ1) is 22.9. The van der Waals surface area contributed by atoms with E-state index in [1.54, 1.807) is 17.9 Å². The van der Waals surface area contributed by atoms with Crippen LogP contribution in [0.1, 0.15) is 37.8 Å². The third-order valence-corrected chi connectivity index (χ3v) is 5.43. The first-order chi connectivity index (χ1) is 15.0. The molecular weight excluding hydrogens is 416 g/mol. The number of halogens is 1. The number of nitrogens with one attached hydrogen (secondary N) is 1. The van der Waals surface area contributed by atoms with Gasteiger partial charge in [-0.05, 0) is 55.2 Å². The highest BCUT2D eigenvalue weighted by atomic mass is 35.5. The lowest BCUT2D eigenvalue weighted by molar-refractivity contribution is -0.140. The summed E-state index contributed by atoms with van der Waals surface area (Å²) in [6.07, 6.45) is 1.67. The molecule has 2 aromatic rings. The van der Waals surface area contributed by atoms with Gasteiger partial charge in [-0.2, -0.15) is 0 Å². The van der Waals surface area contributed by atoms with Crippen LogP contribution in [0.2, 0.25) is 5.02 Å². The molecule has 1 N–H and O–H groups in total. The van der Waals surface area contributed by atoms with E-state index in [1.807, 2.05) is 43.3 Å². The Hall–Kier alpha value is -2.73. The van der Waals surface area contributed by atoms with Gasteiger partial charge in [0.1, 0.15) is 19.3 Å². The van der Waals surface area contributed by atoms with Crippen LogP contribution in [0.4, 0.5) is 0 Å². The van der Waals surface area contributed by atoms with Crippen LogP contribution in [0, 0.1) is 0 Å². The Morgan fingerprint density at radius 1 is 1.10 bits per heavy atom. The van der Waals surface area contributed by atoms with Crippen LogP contribution in [-0.4, -0.2) is 42.5 Å². The lowest BCUT2D eigenvalue weighted by Crippen LogP contribution is -2.47. The summed E-state index contributed by atoms with van der Waals surface area (Å²) in [5.41, 5.74) is 1.87. The van der Waals surface area contributed by atoms with Crippen molar-refractivity contribution in [1.82, 2.24) is 10.2 Å². The predicted molar refractivity (Wildman–Crippen MR) is 121 cm³/mol. The maximum atomic E-state index is 13.2. The molecule has 2 aromatic carbocycles. The minimum atomic E-state index is -0.585. The van der Waals surface area contributed by atoms with Gasteiger partial charge in [0.2, 0.25) is 11.8 Å². The van der Waals surface area contributed by atoms with E-state index >= 15 is 0 Å². The first-order valence-corrected chi connectivity index (χ1v) is 11.1. The molecule has 0 radical (unpaired) electrons. The van der Waals surface area contributed by atoms with Crippen molar-refractivity contribution < 1.29 is 19.1 Å². The maximum absolute atomic E-state index is 13.2. The van der Waals surface area contributed by atoms with Gasteiger partial charge in [-0.3, -0.25) is 9.59 Å². The van der Waals surface area contributed by atoms with Crippen molar-refractivity contribution in [2.24, 2.45) is 0 Å². The third kappa shape index (κ3) is 6.37. The normalized spacial score (nSPS) is 13.4. The Balaban J connectivity index is 1.70. The van der Waals surface area contributed by atoms with Crippen LogP contribution in [0.3, 0.4) is 0 Å². The molecule has 166 valence electrons. The molecule has 0 fully saturated rings. The van der Waals surface area contributed by atoms with E-state index < -0.39 is 6.04 Å². The second-order valence-corrected chi connectivity index (χ2v) is 8.03. The number of rotatable bonds is 9. The Morgan fingerprint density at radius 3 is 2.61 bits per heavy atom. The molecule has 3 rings (SSSR count). The highest BCUT2D eigenvalue weighted by molar-refractivity contribution is 6.30. The van der Waals surface area contributed by atoms with Crippen LogP contribution >= 0.6 is 11.6 Å². The molecular formula is C24H29ClN2O4. The molecule has 6 nitrogen and oxygen atoms in total. The van der Waals surface area contributed by atoms with Crippen LogP contribution in [0.25, 0.3) is 0 Å². The van der Waals surface area contributed by atoms with Gasteiger partial charge in [0.25, 0.3) is 0 Å². The van der Waals surface area contributed by atoms with E-state index in [0.717, 1.165) is 23.3 Å². The summed E-state index contributed by atoms with van der Waals surface area (Å²) in [5.74, 6) is 1.19. The highest BCUT2D eigenvalue weighted by Gasteiger charge is 2.26. The molecule has 1 aliphatic heterocycles. The maximum Gasteiger partial charge on any atom is 0.242 e. The molecule has 31 heavy (non-hydrogen) atoms. The van der Waals surface area contributed by atoms with Gasteiger partial charge in [-0.1, -0.05) is 36.7 Å². The van der Waals surface area contributed by atoms with E-state index in [-0.39, 0.29) is 18.2 Å². The summed E-state index contributed by atoms with van der Waals surface area (Å²) in [5, 5.41) is 3.48. The van der Waals surface area contributed by atoms with Gasteiger partial charge < -0.3 is 19.7 Å².